The quantitative estimate of drug-likeness (QED) is 0.844. The van der Waals surface area contributed by atoms with E-state index in [2.05, 4.69) is 5.32 Å². The summed E-state index contributed by atoms with van der Waals surface area (Å²) in [5.41, 5.74) is 0.799. The molecular weight excluding hydrogens is 219 g/mol. The van der Waals surface area contributed by atoms with Gasteiger partial charge in [-0.15, -0.1) is 0 Å². The highest BCUT2D eigenvalue weighted by Crippen LogP contribution is 2.14. The minimum absolute atomic E-state index is 0.200. The Kier molecular flexibility index (Phi) is 4.61. The molecule has 0 saturated heterocycles. The lowest BCUT2D eigenvalue weighted by Crippen LogP contribution is -2.28. The van der Waals surface area contributed by atoms with Gasteiger partial charge in [0.25, 0.3) is 0 Å². The van der Waals surface area contributed by atoms with Crippen LogP contribution < -0.4 is 10.1 Å². The average Bonchev–Trinajstić information content (AvgIpc) is 2.19. The summed E-state index contributed by atoms with van der Waals surface area (Å²) in [4.78, 5) is 0. The first-order valence-corrected chi connectivity index (χ1v) is 5.00. The molecule has 0 spiro atoms. The molecular formula is C11H14F3NO. The largest absolute Gasteiger partial charge is 0.494 e. The van der Waals surface area contributed by atoms with E-state index >= 15 is 0 Å². The van der Waals surface area contributed by atoms with E-state index < -0.39 is 12.7 Å². The lowest BCUT2D eigenvalue weighted by Gasteiger charge is -2.08. The predicted molar refractivity (Wildman–Crippen MR) is 55.4 cm³/mol. The molecule has 1 aromatic carbocycles. The number of ether oxygens (including phenoxy) is 1. The van der Waals surface area contributed by atoms with Gasteiger partial charge in [0.05, 0.1) is 13.2 Å². The molecule has 0 aromatic heterocycles. The normalized spacial score (nSPS) is 11.5. The second-order valence-corrected chi connectivity index (χ2v) is 3.30. The van der Waals surface area contributed by atoms with E-state index in [0.717, 1.165) is 11.3 Å². The van der Waals surface area contributed by atoms with Crippen LogP contribution in [-0.4, -0.2) is 19.3 Å². The van der Waals surface area contributed by atoms with Crippen molar-refractivity contribution >= 4 is 0 Å². The molecule has 0 fully saturated rings. The van der Waals surface area contributed by atoms with Crippen molar-refractivity contribution in [2.75, 3.05) is 13.2 Å². The summed E-state index contributed by atoms with van der Waals surface area (Å²) in [6.45, 7) is 1.68. The minimum Gasteiger partial charge on any atom is -0.494 e. The molecule has 0 bridgehead atoms. The highest BCUT2D eigenvalue weighted by Gasteiger charge is 2.25. The molecule has 90 valence electrons. The van der Waals surface area contributed by atoms with Crippen molar-refractivity contribution in [2.24, 2.45) is 0 Å². The summed E-state index contributed by atoms with van der Waals surface area (Å²) >= 11 is 0. The van der Waals surface area contributed by atoms with Crippen LogP contribution >= 0.6 is 0 Å². The Morgan fingerprint density at radius 2 is 1.81 bits per heavy atom. The van der Waals surface area contributed by atoms with Crippen molar-refractivity contribution in [2.45, 2.75) is 19.6 Å². The Hall–Kier alpha value is -1.23. The van der Waals surface area contributed by atoms with E-state index in [0.29, 0.717) is 6.61 Å². The predicted octanol–water partition coefficient (Wildman–Crippen LogP) is 2.74. The molecule has 0 heterocycles. The van der Waals surface area contributed by atoms with Gasteiger partial charge in [-0.2, -0.15) is 13.2 Å². The fourth-order valence-electron chi connectivity index (χ4n) is 1.22. The monoisotopic (exact) mass is 233 g/mol. The van der Waals surface area contributed by atoms with Crippen LogP contribution in [0.2, 0.25) is 0 Å². The van der Waals surface area contributed by atoms with Crippen LogP contribution in [0.4, 0.5) is 13.2 Å². The Morgan fingerprint density at radius 3 is 2.31 bits per heavy atom. The number of rotatable bonds is 5. The fraction of sp³-hybridized carbons (Fsp3) is 0.455. The number of hydrogen-bond donors (Lipinski definition) is 1. The molecule has 1 rings (SSSR count). The lowest BCUT2D eigenvalue weighted by molar-refractivity contribution is -0.125. The fourth-order valence-corrected chi connectivity index (χ4v) is 1.22. The van der Waals surface area contributed by atoms with Crippen LogP contribution in [0, 0.1) is 0 Å². The SMILES string of the molecule is CCOc1ccc(CNCC(F)(F)F)cc1. The number of nitrogens with one attached hydrogen (secondary N) is 1. The molecule has 1 N–H and O–H groups in total. The number of benzene rings is 1. The summed E-state index contributed by atoms with van der Waals surface area (Å²) in [6, 6.07) is 6.98. The van der Waals surface area contributed by atoms with Gasteiger partial charge in [-0.25, -0.2) is 0 Å². The third kappa shape index (κ3) is 5.02. The van der Waals surface area contributed by atoms with Crippen molar-refractivity contribution in [1.82, 2.24) is 5.32 Å². The first kappa shape index (κ1) is 12.8. The first-order chi connectivity index (χ1) is 7.51. The van der Waals surface area contributed by atoms with E-state index in [9.17, 15) is 13.2 Å². The zero-order chi connectivity index (χ0) is 12.0. The highest BCUT2D eigenvalue weighted by molar-refractivity contribution is 5.27. The van der Waals surface area contributed by atoms with E-state index in [4.69, 9.17) is 4.74 Å². The topological polar surface area (TPSA) is 21.3 Å². The molecule has 0 atom stereocenters. The molecule has 1 aromatic rings. The van der Waals surface area contributed by atoms with Crippen LogP contribution in [0.3, 0.4) is 0 Å². The van der Waals surface area contributed by atoms with Crippen molar-refractivity contribution in [3.8, 4) is 5.75 Å². The molecule has 0 amide bonds. The summed E-state index contributed by atoms with van der Waals surface area (Å²) in [5.74, 6) is 0.724. The summed E-state index contributed by atoms with van der Waals surface area (Å²) in [6.07, 6.45) is -4.16. The zero-order valence-corrected chi connectivity index (χ0v) is 8.97. The van der Waals surface area contributed by atoms with Crippen molar-refractivity contribution in [1.29, 1.82) is 0 Å². The van der Waals surface area contributed by atoms with E-state index in [1.807, 2.05) is 6.92 Å². The van der Waals surface area contributed by atoms with Gasteiger partial charge in [0.1, 0.15) is 5.75 Å². The third-order valence-corrected chi connectivity index (χ3v) is 1.89. The molecule has 0 saturated carbocycles. The highest BCUT2D eigenvalue weighted by atomic mass is 19.4. The lowest BCUT2D eigenvalue weighted by atomic mass is 10.2. The van der Waals surface area contributed by atoms with E-state index in [1.54, 1.807) is 24.3 Å². The molecule has 0 aliphatic carbocycles. The standard InChI is InChI=1S/C11H14F3NO/c1-2-16-10-5-3-9(4-6-10)7-15-8-11(12,13)14/h3-6,15H,2,7-8H2,1H3. The number of alkyl halides is 3. The van der Waals surface area contributed by atoms with Gasteiger partial charge < -0.3 is 10.1 Å². The van der Waals surface area contributed by atoms with Crippen LogP contribution in [0.1, 0.15) is 12.5 Å². The van der Waals surface area contributed by atoms with Gasteiger partial charge in [0.2, 0.25) is 0 Å². The molecule has 0 radical (unpaired) electrons. The average molecular weight is 233 g/mol. The summed E-state index contributed by atoms with van der Waals surface area (Å²) in [5, 5.41) is 2.33. The van der Waals surface area contributed by atoms with Crippen molar-refractivity contribution in [3.05, 3.63) is 29.8 Å². The van der Waals surface area contributed by atoms with Gasteiger partial charge in [-0.1, -0.05) is 12.1 Å². The van der Waals surface area contributed by atoms with Crippen molar-refractivity contribution in [3.63, 3.8) is 0 Å². The molecule has 0 aliphatic rings. The molecule has 0 aliphatic heterocycles. The van der Waals surface area contributed by atoms with Gasteiger partial charge in [-0.05, 0) is 24.6 Å². The summed E-state index contributed by atoms with van der Waals surface area (Å²) < 4.78 is 40.7. The zero-order valence-electron chi connectivity index (χ0n) is 8.97. The number of halogens is 3. The van der Waals surface area contributed by atoms with E-state index in [-0.39, 0.29) is 6.54 Å². The Balaban J connectivity index is 2.37. The molecule has 2 nitrogen and oxygen atoms in total. The second-order valence-electron chi connectivity index (χ2n) is 3.30. The van der Waals surface area contributed by atoms with E-state index in [1.165, 1.54) is 0 Å². The van der Waals surface area contributed by atoms with Crippen LogP contribution in [-0.2, 0) is 6.54 Å². The Bertz CT molecular complexity index is 308. The van der Waals surface area contributed by atoms with Gasteiger partial charge in [-0.3, -0.25) is 0 Å². The molecule has 5 heteroatoms. The van der Waals surface area contributed by atoms with Gasteiger partial charge in [0, 0.05) is 6.54 Å². The maximum Gasteiger partial charge on any atom is 0.401 e. The second kappa shape index (κ2) is 5.75. The minimum atomic E-state index is -4.16. The van der Waals surface area contributed by atoms with Crippen molar-refractivity contribution < 1.29 is 17.9 Å². The van der Waals surface area contributed by atoms with Crippen LogP contribution in [0.15, 0.2) is 24.3 Å². The molecule has 0 unspecified atom stereocenters. The molecule has 16 heavy (non-hydrogen) atoms. The Labute approximate surface area is 92.4 Å². The maximum atomic E-state index is 11.8. The number of hydrogen-bond acceptors (Lipinski definition) is 2. The third-order valence-electron chi connectivity index (χ3n) is 1.89. The van der Waals surface area contributed by atoms with Crippen LogP contribution in [0.5, 0.6) is 5.75 Å². The summed E-state index contributed by atoms with van der Waals surface area (Å²) in [7, 11) is 0. The Morgan fingerprint density at radius 1 is 1.19 bits per heavy atom. The van der Waals surface area contributed by atoms with Gasteiger partial charge >= 0.3 is 6.18 Å². The first-order valence-electron chi connectivity index (χ1n) is 5.00. The maximum absolute atomic E-state index is 11.8. The smallest absolute Gasteiger partial charge is 0.401 e. The van der Waals surface area contributed by atoms with Crippen LogP contribution in [0.25, 0.3) is 0 Å². The van der Waals surface area contributed by atoms with Gasteiger partial charge in [0.15, 0.2) is 0 Å².